The Hall–Kier alpha value is -2.55. The van der Waals surface area contributed by atoms with Crippen LogP contribution in [0.15, 0.2) is 23.8 Å². The molecule has 0 fully saturated rings. The van der Waals surface area contributed by atoms with Gasteiger partial charge in [0.25, 0.3) is 5.91 Å². The Morgan fingerprint density at radius 2 is 2.22 bits per heavy atom. The highest BCUT2D eigenvalue weighted by Gasteiger charge is 2.17. The highest BCUT2D eigenvalue weighted by molar-refractivity contribution is 7.13. The second kappa shape index (κ2) is 8.18. The standard InChI is InChI=1S/C14H17N5O3S/c1-2-3-4-10(13(21)22)17-11-6-5-9(7-15-11)12(20)18-14-19-16-8-23-14/h5-8,10H,2-4H2,1H3,(H,15,17)(H,21,22)(H,18,19,20)/t10-/m0/s1. The molecule has 0 unspecified atom stereocenters. The zero-order valence-corrected chi connectivity index (χ0v) is 13.3. The van der Waals surface area contributed by atoms with Gasteiger partial charge in [0.05, 0.1) is 5.56 Å². The van der Waals surface area contributed by atoms with Crippen molar-refractivity contribution in [2.24, 2.45) is 0 Å². The van der Waals surface area contributed by atoms with Crippen LogP contribution in [-0.2, 0) is 4.79 Å². The van der Waals surface area contributed by atoms with Gasteiger partial charge < -0.3 is 10.4 Å². The summed E-state index contributed by atoms with van der Waals surface area (Å²) >= 11 is 1.22. The van der Waals surface area contributed by atoms with Crippen LogP contribution in [0.2, 0.25) is 0 Å². The molecule has 0 spiro atoms. The Morgan fingerprint density at radius 3 is 2.78 bits per heavy atom. The quantitative estimate of drug-likeness (QED) is 0.677. The maximum absolute atomic E-state index is 12.0. The first-order valence-corrected chi connectivity index (χ1v) is 8.01. The molecule has 23 heavy (non-hydrogen) atoms. The number of hydrogen-bond donors (Lipinski definition) is 3. The summed E-state index contributed by atoms with van der Waals surface area (Å²) < 4.78 is 0. The number of unbranched alkanes of at least 4 members (excludes halogenated alkanes) is 1. The molecule has 1 amide bonds. The zero-order chi connectivity index (χ0) is 16.7. The molecule has 2 aromatic heterocycles. The van der Waals surface area contributed by atoms with E-state index in [0.717, 1.165) is 12.8 Å². The molecule has 122 valence electrons. The summed E-state index contributed by atoms with van der Waals surface area (Å²) in [5.74, 6) is -0.846. The molecule has 0 aliphatic rings. The van der Waals surface area contributed by atoms with Crippen LogP contribution < -0.4 is 10.6 Å². The van der Waals surface area contributed by atoms with Crippen molar-refractivity contribution in [2.75, 3.05) is 10.6 Å². The van der Waals surface area contributed by atoms with Gasteiger partial charge in [0.1, 0.15) is 17.4 Å². The van der Waals surface area contributed by atoms with Crippen molar-refractivity contribution in [1.29, 1.82) is 0 Å². The third-order valence-corrected chi connectivity index (χ3v) is 3.68. The molecule has 2 heterocycles. The molecule has 0 aromatic carbocycles. The summed E-state index contributed by atoms with van der Waals surface area (Å²) in [7, 11) is 0. The number of hydrogen-bond acceptors (Lipinski definition) is 7. The van der Waals surface area contributed by atoms with Gasteiger partial charge in [-0.2, -0.15) is 0 Å². The van der Waals surface area contributed by atoms with E-state index in [0.29, 0.717) is 22.9 Å². The van der Waals surface area contributed by atoms with Crippen LogP contribution in [0.1, 0.15) is 36.5 Å². The maximum Gasteiger partial charge on any atom is 0.326 e. The number of amides is 1. The molecule has 0 saturated heterocycles. The maximum atomic E-state index is 12.0. The molecule has 8 nitrogen and oxygen atoms in total. The third-order valence-electron chi connectivity index (χ3n) is 3.07. The molecule has 0 bridgehead atoms. The number of anilines is 2. The number of aromatic nitrogens is 3. The smallest absolute Gasteiger partial charge is 0.326 e. The minimum atomic E-state index is -0.918. The largest absolute Gasteiger partial charge is 0.480 e. The van der Waals surface area contributed by atoms with Crippen molar-refractivity contribution in [2.45, 2.75) is 32.2 Å². The first-order valence-electron chi connectivity index (χ1n) is 7.13. The predicted octanol–water partition coefficient (Wildman–Crippen LogP) is 2.24. The topological polar surface area (TPSA) is 117 Å². The van der Waals surface area contributed by atoms with E-state index >= 15 is 0 Å². The summed E-state index contributed by atoms with van der Waals surface area (Å²) in [6, 6.07) is 2.46. The van der Waals surface area contributed by atoms with Gasteiger partial charge in [-0.3, -0.25) is 10.1 Å². The van der Waals surface area contributed by atoms with Gasteiger partial charge in [0, 0.05) is 6.20 Å². The molecule has 2 rings (SSSR count). The van der Waals surface area contributed by atoms with E-state index in [2.05, 4.69) is 25.8 Å². The molecule has 0 aliphatic heterocycles. The van der Waals surface area contributed by atoms with Crippen LogP contribution in [0.3, 0.4) is 0 Å². The first kappa shape index (κ1) is 16.8. The zero-order valence-electron chi connectivity index (χ0n) is 12.5. The fourth-order valence-electron chi connectivity index (χ4n) is 1.85. The monoisotopic (exact) mass is 335 g/mol. The van der Waals surface area contributed by atoms with Crippen molar-refractivity contribution < 1.29 is 14.7 Å². The van der Waals surface area contributed by atoms with Crippen molar-refractivity contribution in [3.63, 3.8) is 0 Å². The van der Waals surface area contributed by atoms with Gasteiger partial charge in [-0.15, -0.1) is 10.2 Å². The molecule has 9 heteroatoms. The van der Waals surface area contributed by atoms with E-state index in [1.54, 1.807) is 12.1 Å². The Labute approximate surface area is 137 Å². The van der Waals surface area contributed by atoms with Crippen LogP contribution in [0.4, 0.5) is 10.9 Å². The minimum Gasteiger partial charge on any atom is -0.480 e. The normalized spacial score (nSPS) is 11.7. The molecule has 2 aromatic rings. The van der Waals surface area contributed by atoms with Crippen molar-refractivity contribution >= 4 is 34.2 Å². The molecule has 0 aliphatic carbocycles. The van der Waals surface area contributed by atoms with Gasteiger partial charge in [0.2, 0.25) is 5.13 Å². The summed E-state index contributed by atoms with van der Waals surface area (Å²) in [6.45, 7) is 2.00. The average molecular weight is 335 g/mol. The second-order valence-corrected chi connectivity index (χ2v) is 5.64. The second-order valence-electron chi connectivity index (χ2n) is 4.81. The van der Waals surface area contributed by atoms with E-state index in [9.17, 15) is 14.7 Å². The molecular weight excluding hydrogens is 318 g/mol. The number of carboxylic acid groups (broad SMARTS) is 1. The van der Waals surface area contributed by atoms with Gasteiger partial charge >= 0.3 is 5.97 Å². The molecular formula is C14H17N5O3S. The van der Waals surface area contributed by atoms with Crippen LogP contribution in [0.5, 0.6) is 0 Å². The van der Waals surface area contributed by atoms with Gasteiger partial charge in [-0.1, -0.05) is 31.1 Å². The SMILES string of the molecule is CCCC[C@H](Nc1ccc(C(=O)Nc2nncs2)cn1)C(=O)O. The lowest BCUT2D eigenvalue weighted by molar-refractivity contribution is -0.138. The van der Waals surface area contributed by atoms with E-state index < -0.39 is 12.0 Å². The van der Waals surface area contributed by atoms with Crippen LogP contribution >= 0.6 is 11.3 Å². The Bertz CT molecular complexity index is 645. The van der Waals surface area contributed by atoms with E-state index in [1.165, 1.54) is 23.0 Å². The minimum absolute atomic E-state index is 0.346. The number of nitrogens with one attached hydrogen (secondary N) is 2. The fraction of sp³-hybridized carbons (Fsp3) is 0.357. The lowest BCUT2D eigenvalue weighted by Gasteiger charge is -2.14. The number of aliphatic carboxylic acids is 1. The lowest BCUT2D eigenvalue weighted by Crippen LogP contribution is -2.29. The fourth-order valence-corrected chi connectivity index (χ4v) is 2.29. The number of nitrogens with zero attached hydrogens (tertiary/aromatic N) is 3. The van der Waals surface area contributed by atoms with Gasteiger partial charge in [-0.05, 0) is 18.6 Å². The van der Waals surface area contributed by atoms with E-state index in [1.807, 2.05) is 6.92 Å². The average Bonchev–Trinajstić information content (AvgIpc) is 3.04. The summed E-state index contributed by atoms with van der Waals surface area (Å²) in [4.78, 5) is 27.3. The van der Waals surface area contributed by atoms with E-state index in [-0.39, 0.29) is 5.91 Å². The molecule has 1 atom stereocenters. The number of carbonyl (C=O) groups is 2. The van der Waals surface area contributed by atoms with Crippen molar-refractivity contribution in [3.8, 4) is 0 Å². The number of pyridine rings is 1. The van der Waals surface area contributed by atoms with Crippen LogP contribution in [-0.4, -0.2) is 38.2 Å². The first-order chi connectivity index (χ1) is 11.1. The van der Waals surface area contributed by atoms with Crippen LogP contribution in [0, 0.1) is 0 Å². The summed E-state index contributed by atoms with van der Waals surface area (Å²) in [5.41, 5.74) is 1.87. The third kappa shape index (κ3) is 4.99. The predicted molar refractivity (Wildman–Crippen MR) is 86.7 cm³/mol. The Morgan fingerprint density at radius 1 is 1.39 bits per heavy atom. The van der Waals surface area contributed by atoms with Crippen molar-refractivity contribution in [1.82, 2.24) is 15.2 Å². The number of rotatable bonds is 8. The van der Waals surface area contributed by atoms with Crippen LogP contribution in [0.25, 0.3) is 0 Å². The molecule has 0 saturated carbocycles. The Balaban J connectivity index is 1.98. The lowest BCUT2D eigenvalue weighted by atomic mass is 10.1. The van der Waals surface area contributed by atoms with Gasteiger partial charge in [0.15, 0.2) is 0 Å². The summed E-state index contributed by atoms with van der Waals surface area (Å²) in [5, 5.41) is 22.4. The highest BCUT2D eigenvalue weighted by Crippen LogP contribution is 2.13. The van der Waals surface area contributed by atoms with Gasteiger partial charge in [-0.25, -0.2) is 9.78 Å². The number of carboxylic acids is 1. The summed E-state index contributed by atoms with van der Waals surface area (Å²) in [6.07, 6.45) is 3.64. The van der Waals surface area contributed by atoms with Crippen molar-refractivity contribution in [3.05, 3.63) is 29.4 Å². The molecule has 0 radical (unpaired) electrons. The highest BCUT2D eigenvalue weighted by atomic mass is 32.1. The number of carbonyl (C=O) groups excluding carboxylic acids is 1. The Kier molecular flexibility index (Phi) is 5.98. The molecule has 3 N–H and O–H groups in total. The van der Waals surface area contributed by atoms with E-state index in [4.69, 9.17) is 0 Å².